The van der Waals surface area contributed by atoms with Crippen LogP contribution in [0.15, 0.2) is 48.5 Å². The van der Waals surface area contributed by atoms with Crippen LogP contribution in [0.1, 0.15) is 22.8 Å². The minimum absolute atomic E-state index is 0.416. The summed E-state index contributed by atoms with van der Waals surface area (Å²) in [5, 5.41) is 3.28. The summed E-state index contributed by atoms with van der Waals surface area (Å²) in [4.78, 5) is 11.4. The number of nitrogens with two attached hydrogens (primary N) is 1. The fourth-order valence-electron chi connectivity index (χ4n) is 2.00. The molecular weight excluding hydrogens is 252 g/mol. The van der Waals surface area contributed by atoms with Crippen LogP contribution in [-0.4, -0.2) is 12.5 Å². The summed E-state index contributed by atoms with van der Waals surface area (Å²) in [6.45, 7) is 3.07. The van der Waals surface area contributed by atoms with Crippen molar-refractivity contribution in [3.8, 4) is 5.75 Å². The smallest absolute Gasteiger partial charge is 0.249 e. The van der Waals surface area contributed by atoms with Gasteiger partial charge in [0, 0.05) is 12.1 Å². The summed E-state index contributed by atoms with van der Waals surface area (Å²) in [5.41, 5.74) is 7.67. The number of amides is 1. The zero-order valence-corrected chi connectivity index (χ0v) is 11.4. The number of benzene rings is 2. The van der Waals surface area contributed by atoms with Crippen molar-refractivity contribution in [3.05, 3.63) is 59.7 Å². The second kappa shape index (κ2) is 6.61. The molecule has 20 heavy (non-hydrogen) atoms. The number of nitrogens with one attached hydrogen (secondary N) is 1. The van der Waals surface area contributed by atoms with E-state index in [-0.39, 0.29) is 0 Å². The van der Waals surface area contributed by atoms with Crippen molar-refractivity contribution in [1.29, 1.82) is 0 Å². The molecule has 0 saturated heterocycles. The zero-order valence-electron chi connectivity index (χ0n) is 11.4. The molecule has 0 aliphatic carbocycles. The van der Waals surface area contributed by atoms with Crippen LogP contribution >= 0.6 is 0 Å². The molecule has 0 unspecified atom stereocenters. The molecule has 2 rings (SSSR count). The van der Waals surface area contributed by atoms with Gasteiger partial charge in [0.1, 0.15) is 5.75 Å². The molecule has 0 aliphatic rings. The third-order valence-electron chi connectivity index (χ3n) is 2.94. The fraction of sp³-hybridized carbons (Fsp3) is 0.188. The quantitative estimate of drug-likeness (QED) is 0.848. The lowest BCUT2D eigenvalue weighted by Gasteiger charge is -2.13. The Balaban J connectivity index is 2.15. The highest BCUT2D eigenvalue weighted by Crippen LogP contribution is 2.24. The van der Waals surface area contributed by atoms with Crippen LogP contribution in [0, 0.1) is 0 Å². The van der Waals surface area contributed by atoms with Crippen molar-refractivity contribution in [2.45, 2.75) is 13.5 Å². The Bertz CT molecular complexity index is 597. The average Bonchev–Trinajstić information content (AvgIpc) is 2.47. The van der Waals surface area contributed by atoms with Crippen LogP contribution in [0.25, 0.3) is 0 Å². The van der Waals surface area contributed by atoms with Crippen molar-refractivity contribution in [3.63, 3.8) is 0 Å². The van der Waals surface area contributed by atoms with Gasteiger partial charge in [-0.3, -0.25) is 4.79 Å². The summed E-state index contributed by atoms with van der Waals surface area (Å²) in [6.07, 6.45) is 0. The molecule has 1 amide bonds. The predicted octanol–water partition coefficient (Wildman–Crippen LogP) is 2.80. The van der Waals surface area contributed by atoms with Crippen molar-refractivity contribution < 1.29 is 9.53 Å². The summed E-state index contributed by atoms with van der Waals surface area (Å²) in [5.74, 6) is 0.382. The van der Waals surface area contributed by atoms with E-state index < -0.39 is 5.91 Å². The lowest BCUT2D eigenvalue weighted by Crippen LogP contribution is -2.15. The van der Waals surface area contributed by atoms with Gasteiger partial charge in [0.05, 0.1) is 12.3 Å². The van der Waals surface area contributed by atoms with Crippen molar-refractivity contribution in [2.24, 2.45) is 5.73 Å². The molecule has 4 heteroatoms. The highest BCUT2D eigenvalue weighted by Gasteiger charge is 2.08. The number of carbonyl (C=O) groups is 1. The lowest BCUT2D eigenvalue weighted by molar-refractivity contribution is 0.0999. The van der Waals surface area contributed by atoms with Crippen molar-refractivity contribution >= 4 is 11.6 Å². The molecule has 0 atom stereocenters. The molecule has 0 saturated carbocycles. The van der Waals surface area contributed by atoms with Gasteiger partial charge in [-0.25, -0.2) is 0 Å². The Morgan fingerprint density at radius 3 is 2.60 bits per heavy atom. The van der Waals surface area contributed by atoms with Gasteiger partial charge in [0.25, 0.3) is 0 Å². The van der Waals surface area contributed by atoms with E-state index in [1.807, 2.05) is 43.3 Å². The van der Waals surface area contributed by atoms with Gasteiger partial charge in [0.2, 0.25) is 5.91 Å². The minimum Gasteiger partial charge on any atom is -0.492 e. The number of rotatable bonds is 6. The van der Waals surface area contributed by atoms with E-state index in [4.69, 9.17) is 10.5 Å². The van der Waals surface area contributed by atoms with Gasteiger partial charge in [-0.15, -0.1) is 0 Å². The van der Waals surface area contributed by atoms with Crippen LogP contribution < -0.4 is 15.8 Å². The Hall–Kier alpha value is -2.49. The Morgan fingerprint density at radius 1 is 1.15 bits per heavy atom. The minimum atomic E-state index is -0.416. The monoisotopic (exact) mass is 270 g/mol. The number of para-hydroxylation sites is 2. The summed E-state index contributed by atoms with van der Waals surface area (Å²) in [7, 11) is 0. The molecule has 0 heterocycles. The lowest BCUT2D eigenvalue weighted by atomic mass is 10.1. The van der Waals surface area contributed by atoms with E-state index in [2.05, 4.69) is 5.32 Å². The number of anilines is 1. The number of ether oxygens (including phenoxy) is 1. The van der Waals surface area contributed by atoms with E-state index >= 15 is 0 Å². The summed E-state index contributed by atoms with van der Waals surface area (Å²) >= 11 is 0. The second-order valence-electron chi connectivity index (χ2n) is 4.30. The number of carbonyl (C=O) groups excluding carboxylic acids is 1. The molecule has 0 aromatic heterocycles. The average molecular weight is 270 g/mol. The maximum absolute atomic E-state index is 11.4. The largest absolute Gasteiger partial charge is 0.492 e. The molecule has 0 aliphatic heterocycles. The predicted molar refractivity (Wildman–Crippen MR) is 79.9 cm³/mol. The third kappa shape index (κ3) is 3.29. The van der Waals surface area contributed by atoms with Crippen LogP contribution in [0.5, 0.6) is 5.75 Å². The zero-order chi connectivity index (χ0) is 14.4. The highest BCUT2D eigenvalue weighted by molar-refractivity contribution is 5.94. The molecule has 4 nitrogen and oxygen atoms in total. The number of hydrogen-bond acceptors (Lipinski definition) is 3. The van der Waals surface area contributed by atoms with Gasteiger partial charge in [-0.1, -0.05) is 30.3 Å². The second-order valence-corrected chi connectivity index (χ2v) is 4.30. The van der Waals surface area contributed by atoms with Crippen molar-refractivity contribution in [1.82, 2.24) is 0 Å². The highest BCUT2D eigenvalue weighted by atomic mass is 16.5. The first-order chi connectivity index (χ1) is 9.72. The molecule has 2 aromatic rings. The first kappa shape index (κ1) is 13.9. The van der Waals surface area contributed by atoms with E-state index in [0.29, 0.717) is 18.7 Å². The van der Waals surface area contributed by atoms with E-state index in [9.17, 15) is 4.79 Å². The summed E-state index contributed by atoms with van der Waals surface area (Å²) < 4.78 is 5.55. The molecule has 0 fully saturated rings. The maximum atomic E-state index is 11.4. The van der Waals surface area contributed by atoms with Crippen LogP contribution in [0.4, 0.5) is 5.69 Å². The van der Waals surface area contributed by atoms with Crippen LogP contribution in [-0.2, 0) is 6.54 Å². The topological polar surface area (TPSA) is 64.3 Å². The first-order valence-corrected chi connectivity index (χ1v) is 6.55. The van der Waals surface area contributed by atoms with E-state index in [1.54, 1.807) is 12.1 Å². The van der Waals surface area contributed by atoms with E-state index in [0.717, 1.165) is 17.0 Å². The third-order valence-corrected chi connectivity index (χ3v) is 2.94. The standard InChI is InChI=1S/C16H18N2O2/c1-2-20-15-10-6-5-9-14(15)18-11-12-7-3-4-8-13(12)16(17)19/h3-10,18H,2,11H2,1H3,(H2,17,19). The molecule has 2 aromatic carbocycles. The Morgan fingerprint density at radius 2 is 1.85 bits per heavy atom. The van der Waals surface area contributed by atoms with Crippen molar-refractivity contribution in [2.75, 3.05) is 11.9 Å². The fourth-order valence-corrected chi connectivity index (χ4v) is 2.00. The molecule has 0 bridgehead atoms. The van der Waals surface area contributed by atoms with Crippen LogP contribution in [0.3, 0.4) is 0 Å². The van der Waals surface area contributed by atoms with Gasteiger partial charge >= 0.3 is 0 Å². The molecule has 104 valence electrons. The van der Waals surface area contributed by atoms with E-state index in [1.165, 1.54) is 0 Å². The Labute approximate surface area is 118 Å². The van der Waals surface area contributed by atoms with Gasteiger partial charge in [-0.2, -0.15) is 0 Å². The number of primary amides is 1. The molecule has 3 N–H and O–H groups in total. The van der Waals surface area contributed by atoms with Crippen LogP contribution in [0.2, 0.25) is 0 Å². The Kier molecular flexibility index (Phi) is 4.60. The summed E-state index contributed by atoms with van der Waals surface area (Å²) in [6, 6.07) is 15.0. The maximum Gasteiger partial charge on any atom is 0.249 e. The SMILES string of the molecule is CCOc1ccccc1NCc1ccccc1C(N)=O. The number of hydrogen-bond donors (Lipinski definition) is 2. The van der Waals surface area contributed by atoms with Gasteiger partial charge < -0.3 is 15.8 Å². The molecule has 0 radical (unpaired) electrons. The molecular formula is C16H18N2O2. The first-order valence-electron chi connectivity index (χ1n) is 6.55. The van der Waals surface area contributed by atoms with Gasteiger partial charge in [0.15, 0.2) is 0 Å². The van der Waals surface area contributed by atoms with Gasteiger partial charge in [-0.05, 0) is 30.7 Å². The molecule has 0 spiro atoms. The normalized spacial score (nSPS) is 10.1.